The summed E-state index contributed by atoms with van der Waals surface area (Å²) in [6.07, 6.45) is 3.03. The second kappa shape index (κ2) is 2.80. The molecule has 0 atom stereocenters. The molecular formula is C9H9N3O2. The Morgan fingerprint density at radius 2 is 1.93 bits per heavy atom. The Morgan fingerprint density at radius 3 is 2.64 bits per heavy atom. The first kappa shape index (κ1) is 8.68. The lowest BCUT2D eigenvalue weighted by atomic mass is 10.3. The van der Waals surface area contributed by atoms with Gasteiger partial charge in [0.1, 0.15) is 0 Å². The minimum atomic E-state index is -0.325. The summed E-state index contributed by atoms with van der Waals surface area (Å²) in [5.74, 6) is 0. The van der Waals surface area contributed by atoms with Crippen molar-refractivity contribution in [3.8, 4) is 0 Å². The third kappa shape index (κ3) is 0.985. The molecule has 0 unspecified atom stereocenters. The highest BCUT2D eigenvalue weighted by Gasteiger charge is 2.06. The van der Waals surface area contributed by atoms with Gasteiger partial charge in [-0.15, -0.1) is 0 Å². The summed E-state index contributed by atoms with van der Waals surface area (Å²) < 4.78 is 2.50. The molecule has 0 saturated carbocycles. The van der Waals surface area contributed by atoms with Gasteiger partial charge in [0, 0.05) is 26.5 Å². The maximum atomic E-state index is 11.6. The molecular weight excluding hydrogens is 182 g/mol. The number of pyridine rings is 1. The van der Waals surface area contributed by atoms with E-state index in [1.807, 2.05) is 0 Å². The Kier molecular flexibility index (Phi) is 1.73. The van der Waals surface area contributed by atoms with Crippen molar-refractivity contribution in [1.82, 2.24) is 14.1 Å². The van der Waals surface area contributed by atoms with Gasteiger partial charge in [0.25, 0.3) is 5.56 Å². The highest BCUT2D eigenvalue weighted by molar-refractivity contribution is 5.76. The number of rotatable bonds is 0. The van der Waals surface area contributed by atoms with Crippen molar-refractivity contribution >= 4 is 10.9 Å². The molecule has 2 aromatic rings. The van der Waals surface area contributed by atoms with Gasteiger partial charge in [0.05, 0.1) is 10.9 Å². The van der Waals surface area contributed by atoms with Crippen LogP contribution in [0.1, 0.15) is 0 Å². The molecule has 0 spiro atoms. The van der Waals surface area contributed by atoms with Gasteiger partial charge in [0.2, 0.25) is 0 Å². The number of aromatic nitrogens is 3. The van der Waals surface area contributed by atoms with E-state index in [9.17, 15) is 9.59 Å². The Labute approximate surface area is 79.2 Å². The van der Waals surface area contributed by atoms with E-state index in [2.05, 4.69) is 4.98 Å². The fraction of sp³-hybridized carbons (Fsp3) is 0.222. The van der Waals surface area contributed by atoms with Crippen molar-refractivity contribution in [3.63, 3.8) is 0 Å². The summed E-state index contributed by atoms with van der Waals surface area (Å²) in [7, 11) is 3.08. The second-order valence-electron chi connectivity index (χ2n) is 3.10. The summed E-state index contributed by atoms with van der Waals surface area (Å²) >= 11 is 0. The number of hydrogen-bond acceptors (Lipinski definition) is 3. The molecule has 0 aliphatic carbocycles. The molecule has 14 heavy (non-hydrogen) atoms. The van der Waals surface area contributed by atoms with Crippen LogP contribution in [-0.4, -0.2) is 14.1 Å². The lowest BCUT2D eigenvalue weighted by molar-refractivity contribution is 0.713. The normalized spacial score (nSPS) is 10.7. The first-order valence-electron chi connectivity index (χ1n) is 4.12. The highest BCUT2D eigenvalue weighted by atomic mass is 16.2. The van der Waals surface area contributed by atoms with Crippen LogP contribution in [0.4, 0.5) is 0 Å². The van der Waals surface area contributed by atoms with E-state index >= 15 is 0 Å². The lowest BCUT2D eigenvalue weighted by Crippen LogP contribution is -2.36. The highest BCUT2D eigenvalue weighted by Crippen LogP contribution is 2.02. The fourth-order valence-electron chi connectivity index (χ4n) is 1.44. The summed E-state index contributed by atoms with van der Waals surface area (Å²) in [5, 5.41) is 0.456. The van der Waals surface area contributed by atoms with Crippen molar-refractivity contribution in [2.75, 3.05) is 0 Å². The molecule has 0 aliphatic heterocycles. The molecule has 0 fully saturated rings. The van der Waals surface area contributed by atoms with Gasteiger partial charge >= 0.3 is 5.69 Å². The summed E-state index contributed by atoms with van der Waals surface area (Å²) in [6, 6.07) is 1.65. The van der Waals surface area contributed by atoms with Gasteiger partial charge in [-0.3, -0.25) is 18.9 Å². The Bertz CT molecular complexity index is 609. The van der Waals surface area contributed by atoms with Crippen LogP contribution < -0.4 is 11.2 Å². The number of aryl methyl sites for hydroxylation is 1. The predicted molar refractivity (Wildman–Crippen MR) is 52.2 cm³/mol. The van der Waals surface area contributed by atoms with Crippen LogP contribution in [0.2, 0.25) is 0 Å². The standard InChI is InChI=1S/C9H9N3O2/c1-11-7-3-4-10-5-6(7)8(13)12(2)9(11)14/h3-5H,1-2H3. The quantitative estimate of drug-likeness (QED) is 0.571. The Hall–Kier alpha value is -1.91. The van der Waals surface area contributed by atoms with Crippen LogP contribution in [0.15, 0.2) is 28.0 Å². The molecule has 5 nitrogen and oxygen atoms in total. The molecule has 0 aromatic carbocycles. The Morgan fingerprint density at radius 1 is 1.21 bits per heavy atom. The van der Waals surface area contributed by atoms with E-state index in [-0.39, 0.29) is 11.2 Å². The van der Waals surface area contributed by atoms with Gasteiger partial charge in [-0.05, 0) is 6.07 Å². The average molecular weight is 191 g/mol. The van der Waals surface area contributed by atoms with Gasteiger partial charge in [0.15, 0.2) is 0 Å². The molecule has 0 amide bonds. The predicted octanol–water partition coefficient (Wildman–Crippen LogP) is -0.368. The zero-order valence-corrected chi connectivity index (χ0v) is 7.89. The maximum Gasteiger partial charge on any atom is 0.330 e. The van der Waals surface area contributed by atoms with Crippen LogP contribution >= 0.6 is 0 Å². The topological polar surface area (TPSA) is 56.9 Å². The van der Waals surface area contributed by atoms with Crippen LogP contribution in [0.5, 0.6) is 0 Å². The third-order valence-electron chi connectivity index (χ3n) is 2.27. The molecule has 2 rings (SSSR count). The molecule has 2 aromatic heterocycles. The van der Waals surface area contributed by atoms with Crippen molar-refractivity contribution in [2.24, 2.45) is 14.1 Å². The van der Waals surface area contributed by atoms with Gasteiger partial charge in [-0.25, -0.2) is 4.79 Å². The van der Waals surface area contributed by atoms with Crippen LogP contribution in [0.25, 0.3) is 10.9 Å². The van der Waals surface area contributed by atoms with Crippen molar-refractivity contribution in [1.29, 1.82) is 0 Å². The molecule has 72 valence electrons. The van der Waals surface area contributed by atoms with E-state index in [1.54, 1.807) is 19.3 Å². The van der Waals surface area contributed by atoms with E-state index in [4.69, 9.17) is 0 Å². The van der Waals surface area contributed by atoms with E-state index in [0.29, 0.717) is 10.9 Å². The molecule has 0 N–H and O–H groups in total. The average Bonchev–Trinajstić information content (AvgIpc) is 2.23. The Balaban J connectivity index is 3.19. The fourth-order valence-corrected chi connectivity index (χ4v) is 1.44. The largest absolute Gasteiger partial charge is 0.330 e. The molecule has 0 radical (unpaired) electrons. The first-order valence-corrected chi connectivity index (χ1v) is 4.12. The molecule has 0 bridgehead atoms. The monoisotopic (exact) mass is 191 g/mol. The lowest BCUT2D eigenvalue weighted by Gasteiger charge is -2.05. The van der Waals surface area contributed by atoms with Crippen LogP contribution in [0, 0.1) is 0 Å². The SMILES string of the molecule is Cn1c(=O)c2cnccc2n(C)c1=O. The van der Waals surface area contributed by atoms with Gasteiger partial charge in [-0.1, -0.05) is 0 Å². The van der Waals surface area contributed by atoms with Crippen molar-refractivity contribution in [2.45, 2.75) is 0 Å². The minimum absolute atomic E-state index is 0.309. The summed E-state index contributed by atoms with van der Waals surface area (Å²) in [5.41, 5.74) is -0.0296. The van der Waals surface area contributed by atoms with Crippen molar-refractivity contribution in [3.05, 3.63) is 39.3 Å². The van der Waals surface area contributed by atoms with E-state index in [1.165, 1.54) is 17.8 Å². The van der Waals surface area contributed by atoms with Crippen LogP contribution in [-0.2, 0) is 14.1 Å². The van der Waals surface area contributed by atoms with E-state index in [0.717, 1.165) is 4.57 Å². The summed E-state index contributed by atoms with van der Waals surface area (Å²) in [4.78, 5) is 27.0. The van der Waals surface area contributed by atoms with Gasteiger partial charge < -0.3 is 0 Å². The molecule has 0 saturated heterocycles. The smallest absolute Gasteiger partial charge is 0.296 e. The molecule has 0 aliphatic rings. The third-order valence-corrected chi connectivity index (χ3v) is 2.27. The minimum Gasteiger partial charge on any atom is -0.296 e. The van der Waals surface area contributed by atoms with Crippen molar-refractivity contribution < 1.29 is 0 Å². The van der Waals surface area contributed by atoms with E-state index < -0.39 is 0 Å². The number of hydrogen-bond donors (Lipinski definition) is 0. The zero-order chi connectivity index (χ0) is 10.3. The first-order chi connectivity index (χ1) is 6.63. The zero-order valence-electron chi connectivity index (χ0n) is 7.89. The summed E-state index contributed by atoms with van der Waals surface area (Å²) in [6.45, 7) is 0. The number of nitrogens with zero attached hydrogens (tertiary/aromatic N) is 3. The van der Waals surface area contributed by atoms with Gasteiger partial charge in [-0.2, -0.15) is 0 Å². The maximum absolute atomic E-state index is 11.6. The second-order valence-corrected chi connectivity index (χ2v) is 3.10. The van der Waals surface area contributed by atoms with Crippen LogP contribution in [0.3, 0.4) is 0 Å². The molecule has 2 heterocycles. The molecule has 5 heteroatoms. The number of fused-ring (bicyclic) bond motifs is 1.